The predicted molar refractivity (Wildman–Crippen MR) is 108 cm³/mol. The quantitative estimate of drug-likeness (QED) is 0.627. The van der Waals surface area contributed by atoms with E-state index in [0.29, 0.717) is 35.8 Å². The summed E-state index contributed by atoms with van der Waals surface area (Å²) in [5.41, 5.74) is 0.507. The number of ether oxygens (including phenoxy) is 4. The Balaban J connectivity index is 1.67. The molecule has 1 aliphatic carbocycles. The zero-order valence-corrected chi connectivity index (χ0v) is 17.9. The first-order valence-corrected chi connectivity index (χ1v) is 10.2. The van der Waals surface area contributed by atoms with Gasteiger partial charge in [-0.05, 0) is 38.8 Å². The van der Waals surface area contributed by atoms with Crippen LogP contribution < -0.4 is 14.4 Å². The fourth-order valence-electron chi connectivity index (χ4n) is 5.15. The zero-order valence-electron chi connectivity index (χ0n) is 17.9. The maximum absolute atomic E-state index is 13.0. The highest BCUT2D eigenvalue weighted by Gasteiger charge is 2.62. The molecule has 31 heavy (non-hydrogen) atoms. The Morgan fingerprint density at radius 2 is 1.87 bits per heavy atom. The standard InChI is InChI=1S/C22H24N2O7/c1-21(2,3)31-19(26)23-6-5-22-13-9-15-16(30-11-29-15)10-14(13)24(20(27)28-4)18(22)8-12(25)7-17(22)23/h8-10,17H,5-7,11H2,1-4H3/t17-,22+/m1/s1. The lowest BCUT2D eigenvalue weighted by atomic mass is 9.69. The number of fused-ring (bicyclic) bond motifs is 2. The Morgan fingerprint density at radius 1 is 1.16 bits per heavy atom. The van der Waals surface area contributed by atoms with E-state index in [0.717, 1.165) is 5.56 Å². The number of rotatable bonds is 0. The number of benzene rings is 1. The molecule has 1 fully saturated rings. The van der Waals surface area contributed by atoms with Crippen molar-refractivity contribution in [3.63, 3.8) is 0 Å². The number of nitrogens with zero attached hydrogens (tertiary/aromatic N) is 2. The smallest absolute Gasteiger partial charge is 0.418 e. The van der Waals surface area contributed by atoms with E-state index in [2.05, 4.69) is 0 Å². The minimum atomic E-state index is -0.741. The van der Waals surface area contributed by atoms with Gasteiger partial charge in [0, 0.05) is 30.8 Å². The van der Waals surface area contributed by atoms with Crippen molar-refractivity contribution in [2.24, 2.45) is 0 Å². The monoisotopic (exact) mass is 428 g/mol. The average molecular weight is 428 g/mol. The van der Waals surface area contributed by atoms with Gasteiger partial charge in [0.05, 0.1) is 24.3 Å². The molecule has 1 aromatic carbocycles. The second-order valence-electron chi connectivity index (χ2n) is 9.14. The molecule has 2 atom stereocenters. The summed E-state index contributed by atoms with van der Waals surface area (Å²) in [7, 11) is 1.30. The van der Waals surface area contributed by atoms with Gasteiger partial charge in [0.2, 0.25) is 6.79 Å². The van der Waals surface area contributed by atoms with Crippen molar-refractivity contribution in [3.05, 3.63) is 29.5 Å². The van der Waals surface area contributed by atoms with Crippen LogP contribution in [0.1, 0.15) is 39.2 Å². The van der Waals surface area contributed by atoms with Gasteiger partial charge in [-0.3, -0.25) is 4.79 Å². The van der Waals surface area contributed by atoms with Crippen molar-refractivity contribution < 1.29 is 33.3 Å². The van der Waals surface area contributed by atoms with Crippen molar-refractivity contribution in [3.8, 4) is 11.5 Å². The summed E-state index contributed by atoms with van der Waals surface area (Å²) in [5, 5.41) is 0. The highest BCUT2D eigenvalue weighted by Crippen LogP contribution is 2.60. The van der Waals surface area contributed by atoms with E-state index in [9.17, 15) is 14.4 Å². The fraction of sp³-hybridized carbons (Fsp3) is 0.500. The first-order valence-electron chi connectivity index (χ1n) is 10.2. The molecule has 0 saturated carbocycles. The summed E-state index contributed by atoms with van der Waals surface area (Å²) in [5.74, 6) is 0.937. The van der Waals surface area contributed by atoms with Crippen molar-refractivity contribution >= 4 is 23.7 Å². The van der Waals surface area contributed by atoms with Crippen LogP contribution in [0, 0.1) is 0 Å². The molecular formula is C22H24N2O7. The van der Waals surface area contributed by atoms with Gasteiger partial charge in [-0.1, -0.05) is 0 Å². The lowest BCUT2D eigenvalue weighted by molar-refractivity contribution is -0.116. The second-order valence-corrected chi connectivity index (χ2v) is 9.14. The lowest BCUT2D eigenvalue weighted by Crippen LogP contribution is -2.51. The molecule has 2 amide bonds. The molecule has 0 N–H and O–H groups in total. The van der Waals surface area contributed by atoms with E-state index >= 15 is 0 Å². The van der Waals surface area contributed by atoms with Crippen molar-refractivity contribution in [2.45, 2.75) is 50.7 Å². The van der Waals surface area contributed by atoms with E-state index < -0.39 is 29.2 Å². The summed E-state index contributed by atoms with van der Waals surface area (Å²) in [6.07, 6.45) is 1.11. The Labute approximate surface area is 179 Å². The molecule has 1 aromatic rings. The van der Waals surface area contributed by atoms with Crippen molar-refractivity contribution in [1.82, 2.24) is 4.90 Å². The first-order chi connectivity index (χ1) is 14.7. The summed E-state index contributed by atoms with van der Waals surface area (Å²) in [6.45, 7) is 5.90. The van der Waals surface area contributed by atoms with E-state index in [1.165, 1.54) is 18.1 Å². The third-order valence-electron chi connectivity index (χ3n) is 6.28. The minimum absolute atomic E-state index is 0.0953. The van der Waals surface area contributed by atoms with Crippen LogP contribution in [0.25, 0.3) is 0 Å². The van der Waals surface area contributed by atoms with Gasteiger partial charge in [-0.15, -0.1) is 0 Å². The minimum Gasteiger partial charge on any atom is -0.454 e. The number of likely N-dealkylation sites (tertiary alicyclic amines) is 1. The number of carbonyl (C=O) groups excluding carboxylic acids is 3. The van der Waals surface area contributed by atoms with Crippen LogP contribution in [0.2, 0.25) is 0 Å². The van der Waals surface area contributed by atoms with Gasteiger partial charge in [0.1, 0.15) is 5.60 Å². The van der Waals surface area contributed by atoms with Gasteiger partial charge in [0.25, 0.3) is 0 Å². The molecular weight excluding hydrogens is 404 g/mol. The van der Waals surface area contributed by atoms with Gasteiger partial charge >= 0.3 is 12.2 Å². The molecule has 1 saturated heterocycles. The molecule has 0 unspecified atom stereocenters. The van der Waals surface area contributed by atoms with Crippen LogP contribution in [0.3, 0.4) is 0 Å². The van der Waals surface area contributed by atoms with E-state index in [1.807, 2.05) is 6.07 Å². The zero-order chi connectivity index (χ0) is 22.1. The third-order valence-corrected chi connectivity index (χ3v) is 6.28. The number of ketones is 1. The fourth-order valence-corrected chi connectivity index (χ4v) is 5.15. The van der Waals surface area contributed by atoms with Crippen LogP contribution in [0.15, 0.2) is 23.9 Å². The molecule has 0 radical (unpaired) electrons. The van der Waals surface area contributed by atoms with Crippen LogP contribution in [-0.2, 0) is 19.7 Å². The number of amides is 2. The van der Waals surface area contributed by atoms with Crippen molar-refractivity contribution in [2.75, 3.05) is 25.3 Å². The molecule has 3 aliphatic heterocycles. The summed E-state index contributed by atoms with van der Waals surface area (Å²) in [4.78, 5) is 41.6. The van der Waals surface area contributed by atoms with Crippen LogP contribution in [-0.4, -0.2) is 55.0 Å². The lowest BCUT2D eigenvalue weighted by Gasteiger charge is -2.39. The summed E-state index contributed by atoms with van der Waals surface area (Å²) in [6, 6.07) is 3.11. The number of anilines is 1. The highest BCUT2D eigenvalue weighted by atomic mass is 16.7. The molecule has 3 heterocycles. The molecule has 0 aromatic heterocycles. The van der Waals surface area contributed by atoms with Crippen LogP contribution >= 0.6 is 0 Å². The number of allylic oxidation sites excluding steroid dienone is 1. The SMILES string of the molecule is COC(=O)N1C2=CC(=O)C[C@H]3N(C(=O)OC(C)(C)C)CC[C@@]23c2cc3c(cc21)OCO3. The Hall–Kier alpha value is -3.23. The molecule has 164 valence electrons. The van der Waals surface area contributed by atoms with Crippen LogP contribution in [0.5, 0.6) is 11.5 Å². The number of hydrogen-bond acceptors (Lipinski definition) is 7. The molecule has 9 heteroatoms. The van der Waals surface area contributed by atoms with Gasteiger partial charge in [0.15, 0.2) is 17.3 Å². The molecule has 9 nitrogen and oxygen atoms in total. The second kappa shape index (κ2) is 6.38. The van der Waals surface area contributed by atoms with E-state index in [4.69, 9.17) is 18.9 Å². The topological polar surface area (TPSA) is 94.6 Å². The van der Waals surface area contributed by atoms with E-state index in [1.54, 1.807) is 31.7 Å². The largest absolute Gasteiger partial charge is 0.454 e. The first kappa shape index (κ1) is 19.7. The highest BCUT2D eigenvalue weighted by molar-refractivity contribution is 6.03. The summed E-state index contributed by atoms with van der Waals surface area (Å²) >= 11 is 0. The molecule has 5 rings (SSSR count). The average Bonchev–Trinajstić information content (AvgIpc) is 3.36. The molecule has 0 bridgehead atoms. The number of carbonyl (C=O) groups is 3. The predicted octanol–water partition coefficient (Wildman–Crippen LogP) is 3.11. The van der Waals surface area contributed by atoms with Gasteiger partial charge in [-0.25, -0.2) is 14.5 Å². The molecule has 1 spiro atoms. The number of hydrogen-bond donors (Lipinski definition) is 0. The third kappa shape index (κ3) is 2.72. The number of methoxy groups -OCH3 is 1. The normalized spacial score (nSPS) is 25.6. The Kier molecular flexibility index (Phi) is 4.06. The van der Waals surface area contributed by atoms with E-state index in [-0.39, 0.29) is 19.0 Å². The van der Waals surface area contributed by atoms with Gasteiger partial charge in [-0.2, -0.15) is 0 Å². The Bertz CT molecular complexity index is 1040. The summed E-state index contributed by atoms with van der Waals surface area (Å²) < 4.78 is 21.7. The maximum atomic E-state index is 13.0. The maximum Gasteiger partial charge on any atom is 0.418 e. The molecule has 4 aliphatic rings. The van der Waals surface area contributed by atoms with Crippen LogP contribution in [0.4, 0.5) is 15.3 Å². The van der Waals surface area contributed by atoms with Gasteiger partial charge < -0.3 is 23.8 Å². The Morgan fingerprint density at radius 3 is 2.55 bits per heavy atom. The van der Waals surface area contributed by atoms with Crippen molar-refractivity contribution in [1.29, 1.82) is 0 Å².